The van der Waals surface area contributed by atoms with Gasteiger partial charge in [0.25, 0.3) is 0 Å². The molecule has 0 spiro atoms. The molecule has 0 aliphatic carbocycles. The van der Waals surface area contributed by atoms with Crippen LogP contribution in [0.4, 0.5) is 0 Å². The van der Waals surface area contributed by atoms with Gasteiger partial charge in [0.15, 0.2) is 0 Å². The third kappa shape index (κ3) is 2.86. The van der Waals surface area contributed by atoms with Crippen LogP contribution in [0.1, 0.15) is 17.2 Å². The van der Waals surface area contributed by atoms with E-state index in [1.54, 1.807) is 18.2 Å². The third-order valence-corrected chi connectivity index (χ3v) is 2.75. The second-order valence-electron chi connectivity index (χ2n) is 4.07. The molecule has 2 aromatic rings. The predicted molar refractivity (Wildman–Crippen MR) is 71.9 cm³/mol. The summed E-state index contributed by atoms with van der Waals surface area (Å²) in [7, 11) is 0. The number of phenols is 3. The molecule has 0 aliphatic rings. The second-order valence-corrected chi connectivity index (χ2v) is 4.07. The average molecular weight is 258 g/mol. The van der Waals surface area contributed by atoms with Crippen molar-refractivity contribution in [1.29, 1.82) is 0 Å². The minimum atomic E-state index is -1.17. The molecule has 0 aliphatic heterocycles. The van der Waals surface area contributed by atoms with Crippen molar-refractivity contribution in [1.82, 2.24) is 0 Å². The number of benzene rings is 2. The Kier molecular flexibility index (Phi) is 3.73. The number of aliphatic hydroxyl groups excluding tert-OH is 1. The van der Waals surface area contributed by atoms with Crippen LogP contribution in [0.3, 0.4) is 0 Å². The van der Waals surface area contributed by atoms with Crippen LogP contribution in [0, 0.1) is 0 Å². The zero-order chi connectivity index (χ0) is 13.8. The van der Waals surface area contributed by atoms with Crippen molar-refractivity contribution in [3.05, 3.63) is 59.7 Å². The highest BCUT2D eigenvalue weighted by Crippen LogP contribution is 2.33. The number of hydrogen-bond acceptors (Lipinski definition) is 4. The summed E-state index contributed by atoms with van der Waals surface area (Å²) in [5.74, 6) is -0.281. The zero-order valence-corrected chi connectivity index (χ0v) is 10.1. The fourth-order valence-corrected chi connectivity index (χ4v) is 1.76. The number of hydrogen-bond donors (Lipinski definition) is 4. The van der Waals surface area contributed by atoms with Gasteiger partial charge in [-0.1, -0.05) is 36.4 Å². The number of aromatic hydroxyl groups is 3. The van der Waals surface area contributed by atoms with Gasteiger partial charge in [0.1, 0.15) is 23.4 Å². The van der Waals surface area contributed by atoms with Gasteiger partial charge in [-0.2, -0.15) is 0 Å². The number of phenolic OH excluding ortho intramolecular Hbond substituents is 3. The Morgan fingerprint density at radius 3 is 2.00 bits per heavy atom. The minimum absolute atomic E-state index is 0.0363. The van der Waals surface area contributed by atoms with E-state index in [1.165, 1.54) is 36.4 Å². The van der Waals surface area contributed by atoms with Crippen LogP contribution in [-0.2, 0) is 0 Å². The highest BCUT2D eigenvalue weighted by atomic mass is 16.3. The van der Waals surface area contributed by atoms with Crippen molar-refractivity contribution in [2.75, 3.05) is 0 Å². The number of aliphatic hydroxyl groups is 1. The van der Waals surface area contributed by atoms with Gasteiger partial charge >= 0.3 is 0 Å². The lowest BCUT2D eigenvalue weighted by Crippen LogP contribution is -1.94. The maximum absolute atomic E-state index is 9.95. The van der Waals surface area contributed by atoms with Gasteiger partial charge in [-0.05, 0) is 18.2 Å². The summed E-state index contributed by atoms with van der Waals surface area (Å²) in [4.78, 5) is 0. The molecule has 0 amide bonds. The maximum Gasteiger partial charge on any atom is 0.125 e. The first-order chi connectivity index (χ1) is 9.09. The molecule has 0 radical (unpaired) electrons. The topological polar surface area (TPSA) is 80.9 Å². The normalized spacial score (nSPS) is 12.7. The molecule has 19 heavy (non-hydrogen) atoms. The summed E-state index contributed by atoms with van der Waals surface area (Å²) >= 11 is 0. The highest BCUT2D eigenvalue weighted by Gasteiger charge is 2.14. The largest absolute Gasteiger partial charge is 0.507 e. The molecule has 1 unspecified atom stereocenters. The molecule has 0 saturated heterocycles. The van der Waals surface area contributed by atoms with Crippen LogP contribution in [0.25, 0.3) is 6.08 Å². The van der Waals surface area contributed by atoms with Crippen molar-refractivity contribution in [3.8, 4) is 17.2 Å². The molecular weight excluding hydrogens is 244 g/mol. The number of para-hydroxylation sites is 1. The van der Waals surface area contributed by atoms with Gasteiger partial charge in [0.05, 0.1) is 5.56 Å². The standard InChI is InChI=1S/C15H14O4/c16-11-5-2-1-4-10(11)8-9-14(19)15-12(17)6-3-7-13(15)18/h1-9,14,16-19H/b9-8+. The van der Waals surface area contributed by atoms with Gasteiger partial charge in [0.2, 0.25) is 0 Å². The number of rotatable bonds is 3. The monoisotopic (exact) mass is 258 g/mol. The third-order valence-electron chi connectivity index (χ3n) is 2.75. The van der Waals surface area contributed by atoms with E-state index < -0.39 is 6.10 Å². The molecule has 0 fully saturated rings. The van der Waals surface area contributed by atoms with Crippen LogP contribution < -0.4 is 0 Å². The van der Waals surface area contributed by atoms with E-state index in [1.807, 2.05) is 0 Å². The van der Waals surface area contributed by atoms with E-state index in [0.29, 0.717) is 5.56 Å². The van der Waals surface area contributed by atoms with E-state index in [-0.39, 0.29) is 22.8 Å². The summed E-state index contributed by atoms with van der Waals surface area (Å²) in [5, 5.41) is 38.7. The molecule has 0 aromatic heterocycles. The van der Waals surface area contributed by atoms with Crippen molar-refractivity contribution in [2.45, 2.75) is 6.10 Å². The second kappa shape index (κ2) is 5.46. The lowest BCUT2D eigenvalue weighted by molar-refractivity contribution is 0.219. The summed E-state index contributed by atoms with van der Waals surface area (Å²) in [6, 6.07) is 10.9. The molecule has 2 rings (SSSR count). The molecule has 4 heteroatoms. The molecule has 4 nitrogen and oxygen atoms in total. The molecular formula is C15H14O4. The Labute approximate surface area is 110 Å². The van der Waals surface area contributed by atoms with Crippen LogP contribution in [0.15, 0.2) is 48.5 Å². The molecule has 0 heterocycles. The van der Waals surface area contributed by atoms with Gasteiger partial charge in [0, 0.05) is 5.56 Å². The highest BCUT2D eigenvalue weighted by molar-refractivity contribution is 5.58. The molecule has 0 saturated carbocycles. The quantitative estimate of drug-likeness (QED) is 0.682. The van der Waals surface area contributed by atoms with Gasteiger partial charge in [-0.25, -0.2) is 0 Å². The van der Waals surface area contributed by atoms with Gasteiger partial charge in [-0.15, -0.1) is 0 Å². The van der Waals surface area contributed by atoms with Crippen LogP contribution in [-0.4, -0.2) is 20.4 Å². The molecule has 2 aromatic carbocycles. The first kappa shape index (κ1) is 13.0. The van der Waals surface area contributed by atoms with Crippen molar-refractivity contribution in [3.63, 3.8) is 0 Å². The fraction of sp³-hybridized carbons (Fsp3) is 0.0667. The van der Waals surface area contributed by atoms with Crippen molar-refractivity contribution in [2.24, 2.45) is 0 Å². The van der Waals surface area contributed by atoms with Gasteiger partial charge < -0.3 is 20.4 Å². The summed E-state index contributed by atoms with van der Waals surface area (Å²) in [6.45, 7) is 0. The smallest absolute Gasteiger partial charge is 0.125 e. The van der Waals surface area contributed by atoms with Crippen LogP contribution >= 0.6 is 0 Å². The Bertz CT molecular complexity index is 585. The van der Waals surface area contributed by atoms with Gasteiger partial charge in [-0.3, -0.25) is 0 Å². The van der Waals surface area contributed by atoms with E-state index >= 15 is 0 Å². The zero-order valence-electron chi connectivity index (χ0n) is 10.1. The molecule has 0 bridgehead atoms. The first-order valence-electron chi connectivity index (χ1n) is 5.74. The van der Waals surface area contributed by atoms with E-state index in [2.05, 4.69) is 0 Å². The predicted octanol–water partition coefficient (Wildman–Crippen LogP) is 2.55. The maximum atomic E-state index is 9.95. The van der Waals surface area contributed by atoms with Crippen LogP contribution in [0.2, 0.25) is 0 Å². The summed E-state index contributed by atoms with van der Waals surface area (Å²) in [5.41, 5.74) is 0.575. The van der Waals surface area contributed by atoms with E-state index in [0.717, 1.165) is 0 Å². The fourth-order valence-electron chi connectivity index (χ4n) is 1.76. The lowest BCUT2D eigenvalue weighted by Gasteiger charge is -2.10. The van der Waals surface area contributed by atoms with Crippen LogP contribution in [0.5, 0.6) is 17.2 Å². The lowest BCUT2D eigenvalue weighted by atomic mass is 10.1. The average Bonchev–Trinajstić information content (AvgIpc) is 2.37. The van der Waals surface area contributed by atoms with E-state index in [4.69, 9.17) is 0 Å². The Morgan fingerprint density at radius 1 is 0.789 bits per heavy atom. The Balaban J connectivity index is 2.27. The van der Waals surface area contributed by atoms with E-state index in [9.17, 15) is 20.4 Å². The molecule has 4 N–H and O–H groups in total. The SMILES string of the molecule is Oc1ccccc1/C=C/C(O)c1c(O)cccc1O. The Morgan fingerprint density at radius 2 is 1.37 bits per heavy atom. The van der Waals surface area contributed by atoms with Crippen molar-refractivity contribution >= 4 is 6.08 Å². The molecule has 98 valence electrons. The molecule has 1 atom stereocenters. The minimum Gasteiger partial charge on any atom is -0.507 e. The Hall–Kier alpha value is -2.46. The van der Waals surface area contributed by atoms with Crippen molar-refractivity contribution < 1.29 is 20.4 Å². The summed E-state index contributed by atoms with van der Waals surface area (Å²) < 4.78 is 0. The summed E-state index contributed by atoms with van der Waals surface area (Å²) in [6.07, 6.45) is 1.73. The first-order valence-corrected chi connectivity index (χ1v) is 5.74.